The first-order valence-electron chi connectivity index (χ1n) is 11.4. The van der Waals surface area contributed by atoms with Crippen LogP contribution in [0, 0.1) is 0 Å². The third-order valence-electron chi connectivity index (χ3n) is 5.64. The zero-order chi connectivity index (χ0) is 23.8. The number of hydrogen-bond acceptors (Lipinski definition) is 9. The smallest absolute Gasteiger partial charge is 0.189 e. The van der Waals surface area contributed by atoms with Gasteiger partial charge in [0.25, 0.3) is 0 Å². The molecule has 1 fully saturated rings. The number of morpholine rings is 1. The Balaban J connectivity index is 1.49. The number of anilines is 2. The van der Waals surface area contributed by atoms with Crippen molar-refractivity contribution in [3.05, 3.63) is 60.2 Å². The Morgan fingerprint density at radius 2 is 1.97 bits per heavy atom. The number of Topliss-reactive ketones (excluding diaryl/α,β-unsaturated/α-hetero) is 1. The van der Waals surface area contributed by atoms with Crippen molar-refractivity contribution in [1.82, 2.24) is 20.3 Å². The van der Waals surface area contributed by atoms with Gasteiger partial charge in [0.2, 0.25) is 0 Å². The van der Waals surface area contributed by atoms with Crippen LogP contribution < -0.4 is 20.7 Å². The Hall–Kier alpha value is -3.56. The summed E-state index contributed by atoms with van der Waals surface area (Å²) in [4.78, 5) is 28.4. The molecule has 3 N–H and O–H groups in total. The van der Waals surface area contributed by atoms with Crippen molar-refractivity contribution in [3.63, 3.8) is 0 Å². The summed E-state index contributed by atoms with van der Waals surface area (Å²) in [7, 11) is 1.92. The molecule has 0 aliphatic carbocycles. The van der Waals surface area contributed by atoms with Gasteiger partial charge >= 0.3 is 0 Å². The molecule has 1 aliphatic rings. The summed E-state index contributed by atoms with van der Waals surface area (Å²) in [6.45, 7) is 4.42. The molecule has 2 aromatic heterocycles. The highest BCUT2D eigenvalue weighted by atomic mass is 16.5. The summed E-state index contributed by atoms with van der Waals surface area (Å²) in [6.07, 6.45) is 6.12. The molecule has 34 heavy (non-hydrogen) atoms. The molecule has 178 valence electrons. The number of rotatable bonds is 10. The van der Waals surface area contributed by atoms with Crippen LogP contribution in [-0.4, -0.2) is 67.2 Å². The number of aromatic nitrogens is 3. The van der Waals surface area contributed by atoms with Crippen LogP contribution in [0.15, 0.2) is 48.9 Å². The van der Waals surface area contributed by atoms with Gasteiger partial charge in [-0.3, -0.25) is 9.78 Å². The maximum Gasteiger partial charge on any atom is 0.189 e. The third-order valence-corrected chi connectivity index (χ3v) is 5.64. The van der Waals surface area contributed by atoms with Crippen molar-refractivity contribution in [2.24, 2.45) is 0 Å². The molecule has 1 aliphatic heterocycles. The number of carbonyl (C=O) groups is 1. The number of carbonyl (C=O) groups excluding carboxylic acids is 1. The summed E-state index contributed by atoms with van der Waals surface area (Å²) in [6, 6.07) is 9.51. The van der Waals surface area contributed by atoms with Gasteiger partial charge in [0.15, 0.2) is 11.6 Å². The van der Waals surface area contributed by atoms with Crippen LogP contribution in [0.3, 0.4) is 0 Å². The average molecular weight is 463 g/mol. The van der Waals surface area contributed by atoms with E-state index in [4.69, 9.17) is 15.2 Å². The van der Waals surface area contributed by atoms with Crippen LogP contribution in [0.1, 0.15) is 22.5 Å². The van der Waals surface area contributed by atoms with E-state index in [2.05, 4.69) is 25.2 Å². The molecule has 0 saturated carbocycles. The Bertz CT molecular complexity index is 1100. The zero-order valence-electron chi connectivity index (χ0n) is 19.4. The second-order valence-electron chi connectivity index (χ2n) is 8.02. The van der Waals surface area contributed by atoms with Crippen molar-refractivity contribution in [3.8, 4) is 17.0 Å². The SMILES string of the molecule is CNCCCOc1ccc(-c2cnc(N)c(C(=O)Cc3cnccc3N3CCOCC3)n2)cc1. The van der Waals surface area contributed by atoms with E-state index >= 15 is 0 Å². The van der Waals surface area contributed by atoms with Crippen molar-refractivity contribution in [2.45, 2.75) is 12.8 Å². The lowest BCUT2D eigenvalue weighted by atomic mass is 10.1. The first kappa shape index (κ1) is 23.6. The van der Waals surface area contributed by atoms with Crippen molar-refractivity contribution >= 4 is 17.3 Å². The monoisotopic (exact) mass is 462 g/mol. The molecule has 3 aromatic rings. The Morgan fingerprint density at radius 1 is 1.18 bits per heavy atom. The van der Waals surface area contributed by atoms with E-state index in [9.17, 15) is 4.79 Å². The van der Waals surface area contributed by atoms with Crippen molar-refractivity contribution in [2.75, 3.05) is 57.1 Å². The zero-order valence-corrected chi connectivity index (χ0v) is 19.4. The number of hydrogen-bond donors (Lipinski definition) is 2. The van der Waals surface area contributed by atoms with Gasteiger partial charge in [-0.15, -0.1) is 0 Å². The number of nitrogens with one attached hydrogen (secondary N) is 1. The standard InChI is InChI=1S/C25H30N6O3/c1-27-8-2-12-34-20-5-3-18(4-6-20)21-17-29-25(26)24(30-21)23(32)15-19-16-28-9-7-22(19)31-10-13-33-14-11-31/h3-7,9,16-17,27H,2,8,10-15H2,1H3,(H2,26,29). The average Bonchev–Trinajstić information content (AvgIpc) is 2.88. The highest BCUT2D eigenvalue weighted by Crippen LogP contribution is 2.25. The van der Waals surface area contributed by atoms with Crippen LogP contribution in [0.4, 0.5) is 11.5 Å². The Morgan fingerprint density at radius 3 is 2.74 bits per heavy atom. The number of benzene rings is 1. The molecule has 0 unspecified atom stereocenters. The Labute approximate surface area is 199 Å². The van der Waals surface area contributed by atoms with Crippen LogP contribution in [0.25, 0.3) is 11.3 Å². The first-order valence-corrected chi connectivity index (χ1v) is 11.4. The lowest BCUT2D eigenvalue weighted by Gasteiger charge is -2.30. The molecule has 1 saturated heterocycles. The molecule has 1 aromatic carbocycles. The van der Waals surface area contributed by atoms with Gasteiger partial charge in [0.1, 0.15) is 11.4 Å². The number of nitrogen functional groups attached to an aromatic ring is 1. The first-order chi connectivity index (χ1) is 16.7. The number of nitrogens with zero attached hydrogens (tertiary/aromatic N) is 4. The quantitative estimate of drug-likeness (QED) is 0.346. The predicted molar refractivity (Wildman–Crippen MR) is 131 cm³/mol. The van der Waals surface area contributed by atoms with Crippen molar-refractivity contribution < 1.29 is 14.3 Å². The summed E-state index contributed by atoms with van der Waals surface area (Å²) in [5.41, 5.74) is 9.45. The maximum absolute atomic E-state index is 13.2. The second-order valence-corrected chi connectivity index (χ2v) is 8.02. The van der Waals surface area contributed by atoms with E-state index in [0.29, 0.717) is 25.5 Å². The lowest BCUT2D eigenvalue weighted by molar-refractivity contribution is 0.0988. The van der Waals surface area contributed by atoms with E-state index < -0.39 is 0 Å². The van der Waals surface area contributed by atoms with Crippen LogP contribution in [0.5, 0.6) is 5.75 Å². The molecular weight excluding hydrogens is 432 g/mol. The minimum absolute atomic E-state index is 0.120. The van der Waals surface area contributed by atoms with Crippen LogP contribution in [-0.2, 0) is 11.2 Å². The number of pyridine rings is 1. The van der Waals surface area contributed by atoms with Crippen LogP contribution >= 0.6 is 0 Å². The molecular formula is C25H30N6O3. The summed E-state index contributed by atoms with van der Waals surface area (Å²) < 4.78 is 11.2. The van der Waals surface area contributed by atoms with E-state index in [1.165, 1.54) is 0 Å². The van der Waals surface area contributed by atoms with Gasteiger partial charge < -0.3 is 25.4 Å². The van der Waals surface area contributed by atoms with Gasteiger partial charge in [-0.25, -0.2) is 9.97 Å². The fourth-order valence-corrected chi connectivity index (χ4v) is 3.83. The fraction of sp³-hybridized carbons (Fsp3) is 0.360. The number of ether oxygens (including phenoxy) is 2. The molecule has 4 rings (SSSR count). The molecule has 0 amide bonds. The summed E-state index contributed by atoms with van der Waals surface area (Å²) >= 11 is 0. The third kappa shape index (κ3) is 5.86. The highest BCUT2D eigenvalue weighted by molar-refractivity contribution is 6.00. The topological polar surface area (TPSA) is 115 Å². The Kier molecular flexibility index (Phi) is 8.00. The number of nitrogens with two attached hydrogens (primary N) is 1. The highest BCUT2D eigenvalue weighted by Gasteiger charge is 2.20. The molecule has 0 radical (unpaired) electrons. The minimum Gasteiger partial charge on any atom is -0.494 e. The van der Waals surface area contributed by atoms with Gasteiger partial charge in [-0.2, -0.15) is 0 Å². The molecule has 3 heterocycles. The van der Waals surface area contributed by atoms with Crippen molar-refractivity contribution in [1.29, 1.82) is 0 Å². The van der Waals surface area contributed by atoms with Gasteiger partial charge in [0.05, 0.1) is 31.7 Å². The minimum atomic E-state index is -0.196. The van der Waals surface area contributed by atoms with Gasteiger partial charge in [0, 0.05) is 48.7 Å². The second kappa shape index (κ2) is 11.5. The van der Waals surface area contributed by atoms with Crippen LogP contribution in [0.2, 0.25) is 0 Å². The molecule has 9 heteroatoms. The lowest BCUT2D eigenvalue weighted by Crippen LogP contribution is -2.37. The van der Waals surface area contributed by atoms with Gasteiger partial charge in [-0.05, 0) is 50.3 Å². The van der Waals surface area contributed by atoms with E-state index in [1.807, 2.05) is 37.4 Å². The molecule has 0 bridgehead atoms. The molecule has 0 atom stereocenters. The van der Waals surface area contributed by atoms with Gasteiger partial charge in [-0.1, -0.05) is 0 Å². The summed E-state index contributed by atoms with van der Waals surface area (Å²) in [5.74, 6) is 0.709. The van der Waals surface area contributed by atoms with E-state index in [-0.39, 0.29) is 23.7 Å². The molecule has 9 nitrogen and oxygen atoms in total. The summed E-state index contributed by atoms with van der Waals surface area (Å²) in [5, 5.41) is 3.09. The maximum atomic E-state index is 13.2. The fourth-order valence-electron chi connectivity index (χ4n) is 3.83. The van der Waals surface area contributed by atoms with E-state index in [0.717, 1.165) is 48.6 Å². The predicted octanol–water partition coefficient (Wildman–Crippen LogP) is 2.37. The largest absolute Gasteiger partial charge is 0.494 e. The molecule has 0 spiro atoms. The number of ketones is 1. The normalized spacial score (nSPS) is 13.6. The van der Waals surface area contributed by atoms with E-state index in [1.54, 1.807) is 18.6 Å².